The van der Waals surface area contributed by atoms with Gasteiger partial charge < -0.3 is 26.4 Å². The second-order valence-electron chi connectivity index (χ2n) is 9.43. The lowest BCUT2D eigenvalue weighted by Gasteiger charge is -2.25. The standard InChI is InChI=1S/C28H38F2N4O4/c1-4-8-34(9-5-2)28(38)21-11-18(3)10-20(15-21)27(37)33-24(25(35)17-32-7-6-26(31)36)14-19-12-22(29)16-23(30)13-19/h10-13,15-16,24-25,32,35H,4-9,14,17H2,1-3H3,(H2,31,36)(H,33,37)/t24-,25+/m0/s1. The predicted molar refractivity (Wildman–Crippen MR) is 142 cm³/mol. The number of halogens is 2. The van der Waals surface area contributed by atoms with Gasteiger partial charge in [-0.3, -0.25) is 14.4 Å². The van der Waals surface area contributed by atoms with Crippen LogP contribution in [-0.2, 0) is 11.2 Å². The average molecular weight is 533 g/mol. The smallest absolute Gasteiger partial charge is 0.253 e. The molecule has 0 aliphatic rings. The third-order valence-corrected chi connectivity index (χ3v) is 5.92. The predicted octanol–water partition coefficient (Wildman–Crippen LogP) is 2.70. The highest BCUT2D eigenvalue weighted by Gasteiger charge is 2.24. The Labute approximate surface area is 222 Å². The van der Waals surface area contributed by atoms with E-state index >= 15 is 0 Å². The van der Waals surface area contributed by atoms with Crippen LogP contribution < -0.4 is 16.4 Å². The van der Waals surface area contributed by atoms with Gasteiger partial charge in [0.05, 0.1) is 12.1 Å². The molecule has 8 nitrogen and oxygen atoms in total. The Kier molecular flexibility index (Phi) is 12.3. The molecule has 10 heteroatoms. The zero-order valence-electron chi connectivity index (χ0n) is 22.2. The van der Waals surface area contributed by atoms with Crippen molar-refractivity contribution in [1.82, 2.24) is 15.5 Å². The Morgan fingerprint density at radius 1 is 0.974 bits per heavy atom. The lowest BCUT2D eigenvalue weighted by atomic mass is 9.99. The number of amides is 3. The Bertz CT molecular complexity index is 1090. The number of aliphatic hydroxyl groups is 1. The molecule has 0 spiro atoms. The summed E-state index contributed by atoms with van der Waals surface area (Å²) in [6, 6.07) is 6.95. The third kappa shape index (κ3) is 9.83. The maximum atomic E-state index is 13.8. The Morgan fingerprint density at radius 2 is 1.58 bits per heavy atom. The van der Waals surface area contributed by atoms with Crippen molar-refractivity contribution in [1.29, 1.82) is 0 Å². The van der Waals surface area contributed by atoms with Crippen molar-refractivity contribution in [2.45, 2.75) is 58.6 Å². The van der Waals surface area contributed by atoms with Gasteiger partial charge in [0.15, 0.2) is 0 Å². The lowest BCUT2D eigenvalue weighted by molar-refractivity contribution is -0.117. The molecule has 5 N–H and O–H groups in total. The van der Waals surface area contributed by atoms with Crippen molar-refractivity contribution >= 4 is 17.7 Å². The number of primary amides is 1. The average Bonchev–Trinajstić information content (AvgIpc) is 2.84. The molecule has 0 aliphatic heterocycles. The number of aliphatic hydroxyl groups excluding tert-OH is 1. The number of benzene rings is 2. The molecule has 2 atom stereocenters. The molecule has 0 bridgehead atoms. The van der Waals surface area contributed by atoms with Crippen LogP contribution in [0.2, 0.25) is 0 Å². The summed E-state index contributed by atoms with van der Waals surface area (Å²) < 4.78 is 27.6. The number of carbonyl (C=O) groups excluding carboxylic acids is 3. The first-order valence-corrected chi connectivity index (χ1v) is 12.9. The van der Waals surface area contributed by atoms with Crippen LogP contribution in [0.15, 0.2) is 36.4 Å². The maximum Gasteiger partial charge on any atom is 0.253 e. The van der Waals surface area contributed by atoms with Crippen molar-refractivity contribution in [3.63, 3.8) is 0 Å². The van der Waals surface area contributed by atoms with Gasteiger partial charge in [-0.05, 0) is 67.6 Å². The molecule has 2 rings (SSSR count). The molecule has 0 unspecified atom stereocenters. The summed E-state index contributed by atoms with van der Waals surface area (Å²) in [7, 11) is 0. The molecule has 0 heterocycles. The van der Waals surface area contributed by atoms with E-state index in [1.54, 1.807) is 24.0 Å². The summed E-state index contributed by atoms with van der Waals surface area (Å²) in [5.74, 6) is -2.77. The first-order chi connectivity index (χ1) is 18.0. The molecule has 0 radical (unpaired) electrons. The normalized spacial score (nSPS) is 12.6. The third-order valence-electron chi connectivity index (χ3n) is 5.92. The molecule has 0 saturated heterocycles. The molecular formula is C28H38F2N4O4. The van der Waals surface area contributed by atoms with Crippen molar-refractivity contribution in [2.24, 2.45) is 5.73 Å². The Morgan fingerprint density at radius 3 is 2.16 bits per heavy atom. The van der Waals surface area contributed by atoms with E-state index in [0.29, 0.717) is 24.2 Å². The number of aryl methyl sites for hydroxylation is 1. The number of nitrogens with two attached hydrogens (primary N) is 1. The molecule has 0 saturated carbocycles. The van der Waals surface area contributed by atoms with E-state index < -0.39 is 35.6 Å². The van der Waals surface area contributed by atoms with Crippen LogP contribution in [0, 0.1) is 18.6 Å². The van der Waals surface area contributed by atoms with Crippen molar-refractivity contribution in [3.8, 4) is 0 Å². The van der Waals surface area contributed by atoms with Crippen molar-refractivity contribution < 1.29 is 28.3 Å². The quantitative estimate of drug-likeness (QED) is 0.263. The number of nitrogens with zero attached hydrogens (tertiary/aromatic N) is 1. The van der Waals surface area contributed by atoms with Gasteiger partial charge in [0.1, 0.15) is 11.6 Å². The largest absolute Gasteiger partial charge is 0.390 e. The second kappa shape index (κ2) is 15.1. The summed E-state index contributed by atoms with van der Waals surface area (Å²) in [6.45, 7) is 7.18. The van der Waals surface area contributed by atoms with E-state index in [0.717, 1.165) is 31.0 Å². The second-order valence-corrected chi connectivity index (χ2v) is 9.43. The summed E-state index contributed by atoms with van der Waals surface area (Å²) in [5, 5.41) is 16.5. The summed E-state index contributed by atoms with van der Waals surface area (Å²) in [5.41, 5.74) is 6.71. The minimum Gasteiger partial charge on any atom is -0.390 e. The molecule has 0 fully saturated rings. The highest BCUT2D eigenvalue weighted by Crippen LogP contribution is 2.16. The van der Waals surface area contributed by atoms with E-state index in [4.69, 9.17) is 5.73 Å². The van der Waals surface area contributed by atoms with Crippen LogP contribution in [0.1, 0.15) is 65.0 Å². The molecule has 208 valence electrons. The maximum absolute atomic E-state index is 13.8. The number of hydrogen-bond acceptors (Lipinski definition) is 5. The summed E-state index contributed by atoms with van der Waals surface area (Å²) in [4.78, 5) is 39.1. The Hall–Kier alpha value is -3.37. The first kappa shape index (κ1) is 30.9. The summed E-state index contributed by atoms with van der Waals surface area (Å²) >= 11 is 0. The fourth-order valence-electron chi connectivity index (χ4n) is 4.20. The van der Waals surface area contributed by atoms with E-state index in [1.165, 1.54) is 6.07 Å². The molecule has 0 aliphatic carbocycles. The zero-order valence-corrected chi connectivity index (χ0v) is 22.2. The molecule has 38 heavy (non-hydrogen) atoms. The molecule has 2 aromatic carbocycles. The highest BCUT2D eigenvalue weighted by molar-refractivity contribution is 6.00. The monoisotopic (exact) mass is 532 g/mol. The van der Waals surface area contributed by atoms with Gasteiger partial charge in [-0.25, -0.2) is 8.78 Å². The Balaban J connectivity index is 2.27. The number of carbonyl (C=O) groups is 3. The van der Waals surface area contributed by atoms with E-state index in [2.05, 4.69) is 10.6 Å². The SMILES string of the molecule is CCCN(CCC)C(=O)c1cc(C)cc(C(=O)N[C@@H](Cc2cc(F)cc(F)c2)[C@H](O)CNCCC(N)=O)c1. The van der Waals surface area contributed by atoms with Crippen LogP contribution >= 0.6 is 0 Å². The topological polar surface area (TPSA) is 125 Å². The zero-order chi connectivity index (χ0) is 28.2. The lowest BCUT2D eigenvalue weighted by Crippen LogP contribution is -2.49. The van der Waals surface area contributed by atoms with Crippen LogP contribution in [0.3, 0.4) is 0 Å². The fraction of sp³-hybridized carbons (Fsp3) is 0.464. The van der Waals surface area contributed by atoms with Gasteiger partial charge in [-0.15, -0.1) is 0 Å². The van der Waals surface area contributed by atoms with Crippen LogP contribution in [-0.4, -0.2) is 66.1 Å². The fourth-order valence-corrected chi connectivity index (χ4v) is 4.20. The number of rotatable bonds is 15. The van der Waals surface area contributed by atoms with Gasteiger partial charge in [-0.1, -0.05) is 13.8 Å². The van der Waals surface area contributed by atoms with Gasteiger partial charge >= 0.3 is 0 Å². The minimum absolute atomic E-state index is 0.00340. The van der Waals surface area contributed by atoms with Crippen LogP contribution in [0.25, 0.3) is 0 Å². The number of hydrogen-bond donors (Lipinski definition) is 4. The first-order valence-electron chi connectivity index (χ1n) is 12.9. The number of nitrogens with one attached hydrogen (secondary N) is 2. The molecule has 2 aromatic rings. The minimum atomic E-state index is -1.16. The van der Waals surface area contributed by atoms with E-state index in [1.807, 2.05) is 13.8 Å². The van der Waals surface area contributed by atoms with Gasteiger partial charge in [-0.2, -0.15) is 0 Å². The van der Waals surface area contributed by atoms with Gasteiger partial charge in [0.25, 0.3) is 11.8 Å². The van der Waals surface area contributed by atoms with Crippen molar-refractivity contribution in [2.75, 3.05) is 26.2 Å². The summed E-state index contributed by atoms with van der Waals surface area (Å²) in [6.07, 6.45) is 0.453. The van der Waals surface area contributed by atoms with Gasteiger partial charge in [0, 0.05) is 49.8 Å². The molecular weight excluding hydrogens is 494 g/mol. The molecule has 3 amide bonds. The van der Waals surface area contributed by atoms with E-state index in [-0.39, 0.29) is 43.0 Å². The van der Waals surface area contributed by atoms with Crippen LogP contribution in [0.5, 0.6) is 0 Å². The molecule has 0 aromatic heterocycles. The van der Waals surface area contributed by atoms with Crippen LogP contribution in [0.4, 0.5) is 8.78 Å². The van der Waals surface area contributed by atoms with E-state index in [9.17, 15) is 28.3 Å². The highest BCUT2D eigenvalue weighted by atomic mass is 19.1. The van der Waals surface area contributed by atoms with Gasteiger partial charge in [0.2, 0.25) is 5.91 Å². The van der Waals surface area contributed by atoms with Crippen molar-refractivity contribution in [3.05, 3.63) is 70.3 Å².